The Kier molecular flexibility index (Phi) is 4.55. The molecule has 0 bridgehead atoms. The van der Waals surface area contributed by atoms with Crippen LogP contribution in [0.5, 0.6) is 0 Å². The molecule has 0 spiro atoms. The molecular weight excluding hydrogens is 286 g/mol. The molecule has 22 heavy (non-hydrogen) atoms. The highest BCUT2D eigenvalue weighted by Crippen LogP contribution is 2.20. The van der Waals surface area contributed by atoms with Gasteiger partial charge in [-0.1, -0.05) is 18.5 Å². The second-order valence-electron chi connectivity index (χ2n) is 5.16. The van der Waals surface area contributed by atoms with E-state index in [0.717, 1.165) is 0 Å². The van der Waals surface area contributed by atoms with Gasteiger partial charge in [0.2, 0.25) is 0 Å². The van der Waals surface area contributed by atoms with Crippen molar-refractivity contribution in [2.45, 2.75) is 32.2 Å². The molecular formula is C15H17N3O4. The Morgan fingerprint density at radius 3 is 2.82 bits per heavy atom. The minimum absolute atomic E-state index is 0.0300. The Bertz CT molecular complexity index is 668. The van der Waals surface area contributed by atoms with Crippen LogP contribution in [0.2, 0.25) is 0 Å². The summed E-state index contributed by atoms with van der Waals surface area (Å²) in [6.07, 6.45) is 4.15. The number of aliphatic carboxylic acids is 1. The molecule has 2 aromatic rings. The van der Waals surface area contributed by atoms with E-state index < -0.39 is 17.4 Å². The van der Waals surface area contributed by atoms with E-state index in [2.05, 4.69) is 15.5 Å². The predicted octanol–water partition coefficient (Wildman–Crippen LogP) is 2.11. The van der Waals surface area contributed by atoms with Crippen molar-refractivity contribution in [2.24, 2.45) is 0 Å². The number of carboxylic acid groups (broad SMARTS) is 1. The van der Waals surface area contributed by atoms with Crippen LogP contribution in [0, 0.1) is 0 Å². The van der Waals surface area contributed by atoms with Crippen molar-refractivity contribution in [1.82, 2.24) is 15.5 Å². The monoisotopic (exact) mass is 303 g/mol. The molecule has 1 amide bonds. The molecule has 2 rings (SSSR count). The number of pyridine rings is 1. The van der Waals surface area contributed by atoms with E-state index in [1.54, 1.807) is 24.5 Å². The van der Waals surface area contributed by atoms with Crippen LogP contribution in [0.25, 0.3) is 11.3 Å². The van der Waals surface area contributed by atoms with Crippen LogP contribution in [0.15, 0.2) is 35.1 Å². The van der Waals surface area contributed by atoms with Gasteiger partial charge in [0.25, 0.3) is 5.91 Å². The summed E-state index contributed by atoms with van der Waals surface area (Å²) >= 11 is 0. The van der Waals surface area contributed by atoms with Crippen LogP contribution in [0.3, 0.4) is 0 Å². The third-order valence-corrected chi connectivity index (χ3v) is 3.30. The van der Waals surface area contributed by atoms with Gasteiger partial charge in [-0.2, -0.15) is 0 Å². The van der Waals surface area contributed by atoms with E-state index in [0.29, 0.717) is 24.2 Å². The number of nitrogens with zero attached hydrogens (tertiary/aromatic N) is 2. The number of carboxylic acids is 1. The van der Waals surface area contributed by atoms with Gasteiger partial charge in [-0.15, -0.1) is 0 Å². The molecule has 0 aliphatic heterocycles. The van der Waals surface area contributed by atoms with Gasteiger partial charge in [-0.05, 0) is 25.5 Å². The van der Waals surface area contributed by atoms with Crippen molar-refractivity contribution >= 4 is 11.9 Å². The smallest absolute Gasteiger partial charge is 0.329 e. The quantitative estimate of drug-likeness (QED) is 0.846. The minimum atomic E-state index is -1.33. The molecule has 0 saturated heterocycles. The first-order valence-electron chi connectivity index (χ1n) is 6.89. The van der Waals surface area contributed by atoms with Crippen LogP contribution < -0.4 is 5.32 Å². The number of nitrogens with one attached hydrogen (secondary N) is 1. The fourth-order valence-corrected chi connectivity index (χ4v) is 2.06. The Morgan fingerprint density at radius 1 is 1.45 bits per heavy atom. The van der Waals surface area contributed by atoms with Crippen molar-refractivity contribution in [1.29, 1.82) is 0 Å². The van der Waals surface area contributed by atoms with Crippen LogP contribution in [-0.4, -0.2) is 32.7 Å². The standard InChI is InChI=1S/C15H17N3O4/c1-3-6-15(2,14(20)21)17-13(19)11-8-12(22-18-11)10-5-4-7-16-9-10/h4-5,7-9H,3,6H2,1-2H3,(H,17,19)(H,20,21). The zero-order valence-electron chi connectivity index (χ0n) is 12.4. The molecule has 1 atom stereocenters. The average Bonchev–Trinajstić information content (AvgIpc) is 2.98. The molecule has 0 radical (unpaired) electrons. The first-order chi connectivity index (χ1) is 10.5. The molecule has 2 aromatic heterocycles. The summed E-state index contributed by atoms with van der Waals surface area (Å²) in [6.45, 7) is 3.32. The normalized spacial score (nSPS) is 13.4. The molecule has 0 fully saturated rings. The van der Waals surface area contributed by atoms with E-state index in [1.807, 2.05) is 6.92 Å². The van der Waals surface area contributed by atoms with Gasteiger partial charge in [0.05, 0.1) is 0 Å². The molecule has 0 aromatic carbocycles. The molecule has 116 valence electrons. The van der Waals surface area contributed by atoms with E-state index in [-0.39, 0.29) is 5.69 Å². The highest BCUT2D eigenvalue weighted by molar-refractivity contribution is 5.96. The van der Waals surface area contributed by atoms with Gasteiger partial charge in [-0.25, -0.2) is 4.79 Å². The largest absolute Gasteiger partial charge is 0.480 e. The van der Waals surface area contributed by atoms with E-state index in [9.17, 15) is 14.7 Å². The minimum Gasteiger partial charge on any atom is -0.480 e. The number of hydrogen-bond acceptors (Lipinski definition) is 5. The first kappa shape index (κ1) is 15.7. The van der Waals surface area contributed by atoms with Crippen LogP contribution in [0.1, 0.15) is 37.2 Å². The van der Waals surface area contributed by atoms with Crippen molar-refractivity contribution in [2.75, 3.05) is 0 Å². The average molecular weight is 303 g/mol. The zero-order valence-corrected chi connectivity index (χ0v) is 12.4. The fraction of sp³-hybridized carbons (Fsp3) is 0.333. The summed E-state index contributed by atoms with van der Waals surface area (Å²) in [5.74, 6) is -1.28. The van der Waals surface area contributed by atoms with Gasteiger partial charge in [0, 0.05) is 24.0 Å². The Balaban J connectivity index is 2.17. The molecule has 7 nitrogen and oxygen atoms in total. The van der Waals surface area contributed by atoms with Crippen molar-refractivity contribution in [3.8, 4) is 11.3 Å². The number of hydrogen-bond donors (Lipinski definition) is 2. The van der Waals surface area contributed by atoms with Gasteiger partial charge < -0.3 is 14.9 Å². The Hall–Kier alpha value is -2.70. The number of aromatic nitrogens is 2. The summed E-state index contributed by atoms with van der Waals surface area (Å²) in [6, 6.07) is 4.97. The molecule has 2 heterocycles. The van der Waals surface area contributed by atoms with Crippen molar-refractivity contribution in [3.05, 3.63) is 36.3 Å². The van der Waals surface area contributed by atoms with Gasteiger partial charge in [0.15, 0.2) is 11.5 Å². The Morgan fingerprint density at radius 2 is 2.23 bits per heavy atom. The number of amides is 1. The SMILES string of the molecule is CCCC(C)(NC(=O)c1cc(-c2cccnc2)on1)C(=O)O. The van der Waals surface area contributed by atoms with Gasteiger partial charge in [0.1, 0.15) is 5.54 Å². The topological polar surface area (TPSA) is 105 Å². The maximum atomic E-state index is 12.2. The van der Waals surface area contributed by atoms with E-state index >= 15 is 0 Å². The molecule has 0 aliphatic carbocycles. The van der Waals surface area contributed by atoms with Gasteiger partial charge >= 0.3 is 5.97 Å². The summed E-state index contributed by atoms with van der Waals surface area (Å²) in [4.78, 5) is 27.5. The van der Waals surface area contributed by atoms with Crippen molar-refractivity contribution < 1.29 is 19.2 Å². The maximum absolute atomic E-state index is 12.2. The first-order valence-corrected chi connectivity index (χ1v) is 6.89. The summed E-state index contributed by atoms with van der Waals surface area (Å²) in [5.41, 5.74) is -0.620. The molecule has 0 aliphatic rings. The van der Waals surface area contributed by atoms with Gasteiger partial charge in [-0.3, -0.25) is 9.78 Å². The van der Waals surface area contributed by atoms with Crippen LogP contribution in [-0.2, 0) is 4.79 Å². The van der Waals surface area contributed by atoms with Crippen LogP contribution in [0.4, 0.5) is 0 Å². The molecule has 7 heteroatoms. The number of carbonyl (C=O) groups excluding carboxylic acids is 1. The van der Waals surface area contributed by atoms with E-state index in [4.69, 9.17) is 4.52 Å². The maximum Gasteiger partial charge on any atom is 0.329 e. The molecule has 1 unspecified atom stereocenters. The number of carbonyl (C=O) groups is 2. The van der Waals surface area contributed by atoms with E-state index in [1.165, 1.54) is 13.0 Å². The zero-order chi connectivity index (χ0) is 16.2. The summed E-state index contributed by atoms with van der Waals surface area (Å²) in [5, 5.41) is 15.5. The lowest BCUT2D eigenvalue weighted by Crippen LogP contribution is -2.52. The molecule has 2 N–H and O–H groups in total. The predicted molar refractivity (Wildman–Crippen MR) is 78.1 cm³/mol. The lowest BCUT2D eigenvalue weighted by Gasteiger charge is -2.25. The van der Waals surface area contributed by atoms with Crippen LogP contribution >= 0.6 is 0 Å². The fourth-order valence-electron chi connectivity index (χ4n) is 2.06. The highest BCUT2D eigenvalue weighted by Gasteiger charge is 2.34. The summed E-state index contributed by atoms with van der Waals surface area (Å²) in [7, 11) is 0. The summed E-state index contributed by atoms with van der Waals surface area (Å²) < 4.78 is 5.11. The second kappa shape index (κ2) is 6.38. The van der Waals surface area contributed by atoms with Crippen molar-refractivity contribution in [3.63, 3.8) is 0 Å². The Labute approximate surface area is 127 Å². The third-order valence-electron chi connectivity index (χ3n) is 3.30. The number of rotatable bonds is 6. The highest BCUT2D eigenvalue weighted by atomic mass is 16.5. The lowest BCUT2D eigenvalue weighted by molar-refractivity contribution is -0.144. The third kappa shape index (κ3) is 3.30. The lowest BCUT2D eigenvalue weighted by atomic mass is 9.96. The second-order valence-corrected chi connectivity index (χ2v) is 5.16. The molecule has 0 saturated carbocycles.